The van der Waals surface area contributed by atoms with Gasteiger partial charge in [-0.1, -0.05) is 152 Å². The summed E-state index contributed by atoms with van der Waals surface area (Å²) in [6.45, 7) is 2.11. The van der Waals surface area contributed by atoms with E-state index in [0.717, 1.165) is 27.8 Å². The smallest absolute Gasteiger partial charge is 0.374 e. The quantitative estimate of drug-likeness (QED) is 0.0785. The first-order valence-electron chi connectivity index (χ1n) is 18.4. The van der Waals surface area contributed by atoms with Crippen LogP contribution in [0.3, 0.4) is 0 Å². The number of rotatable bonds is 20. The van der Waals surface area contributed by atoms with Crippen LogP contribution in [0, 0.1) is 0 Å². The lowest BCUT2D eigenvalue weighted by Crippen LogP contribution is -2.66. The molecule has 0 spiro atoms. The largest absolute Gasteiger partial charge is 0.475 e. The maximum atomic E-state index is 14.4. The summed E-state index contributed by atoms with van der Waals surface area (Å²) in [7, 11) is -4.21. The van der Waals surface area contributed by atoms with Crippen molar-refractivity contribution < 1.29 is 41.9 Å². The highest BCUT2D eigenvalue weighted by Crippen LogP contribution is 2.51. The zero-order chi connectivity index (χ0) is 38.1. The predicted molar refractivity (Wildman–Crippen MR) is 208 cm³/mol. The first kappa shape index (κ1) is 40.2. The maximum Gasteiger partial charge on any atom is 0.475 e. The van der Waals surface area contributed by atoms with Crippen LogP contribution in [0.1, 0.15) is 34.7 Å². The van der Waals surface area contributed by atoms with Gasteiger partial charge in [0.25, 0.3) is 0 Å². The molecule has 1 aliphatic heterocycles. The molecule has 0 aliphatic carbocycles. The van der Waals surface area contributed by atoms with Crippen molar-refractivity contribution in [1.29, 1.82) is 0 Å². The molecule has 288 valence electrons. The molecule has 0 radical (unpaired) electrons. The Morgan fingerprint density at radius 3 is 1.36 bits per heavy atom. The molecule has 6 rings (SSSR count). The molecule has 5 aromatic carbocycles. The highest BCUT2D eigenvalue weighted by atomic mass is 31.2. The summed E-state index contributed by atoms with van der Waals surface area (Å²) in [5.74, 6) is -0.309. The van der Waals surface area contributed by atoms with Gasteiger partial charge in [-0.25, -0.2) is 4.57 Å². The lowest BCUT2D eigenvalue weighted by Gasteiger charge is -2.46. The second kappa shape index (κ2) is 21.0. The lowest BCUT2D eigenvalue weighted by atomic mass is 9.92. The van der Waals surface area contributed by atoms with Crippen LogP contribution >= 0.6 is 7.82 Å². The number of phosphoric acid groups is 1. The van der Waals surface area contributed by atoms with Crippen LogP contribution in [-0.4, -0.2) is 49.6 Å². The van der Waals surface area contributed by atoms with Gasteiger partial charge in [0.05, 0.1) is 52.3 Å². The van der Waals surface area contributed by atoms with Crippen molar-refractivity contribution >= 4 is 13.7 Å². The summed E-state index contributed by atoms with van der Waals surface area (Å²) in [4.78, 5) is 12.9. The molecular formula is C44H48NO9P. The van der Waals surface area contributed by atoms with Crippen molar-refractivity contribution in [3.8, 4) is 0 Å². The van der Waals surface area contributed by atoms with E-state index in [0.29, 0.717) is 6.61 Å². The monoisotopic (exact) mass is 765 g/mol. The average molecular weight is 766 g/mol. The fourth-order valence-corrected chi connectivity index (χ4v) is 7.40. The van der Waals surface area contributed by atoms with Crippen LogP contribution in [0.25, 0.3) is 0 Å². The Kier molecular flexibility index (Phi) is 15.3. The molecule has 55 heavy (non-hydrogen) atoms. The van der Waals surface area contributed by atoms with Gasteiger partial charge in [-0.05, 0) is 27.8 Å². The first-order valence-corrected chi connectivity index (χ1v) is 19.9. The maximum absolute atomic E-state index is 14.4. The van der Waals surface area contributed by atoms with Crippen molar-refractivity contribution in [2.24, 2.45) is 0 Å². The van der Waals surface area contributed by atoms with E-state index >= 15 is 0 Å². The third-order valence-electron chi connectivity index (χ3n) is 8.99. The predicted octanol–water partition coefficient (Wildman–Crippen LogP) is 8.20. The molecule has 1 aliphatic rings. The van der Waals surface area contributed by atoms with E-state index in [-0.39, 0.29) is 45.5 Å². The minimum Gasteiger partial charge on any atom is -0.374 e. The summed E-state index contributed by atoms with van der Waals surface area (Å²) < 4.78 is 58.6. The molecule has 1 saturated heterocycles. The molecule has 1 fully saturated rings. The van der Waals surface area contributed by atoms with Gasteiger partial charge in [0.1, 0.15) is 24.4 Å². The van der Waals surface area contributed by atoms with Crippen molar-refractivity contribution in [1.82, 2.24) is 5.32 Å². The van der Waals surface area contributed by atoms with Gasteiger partial charge in [-0.15, -0.1) is 0 Å². The fraction of sp³-hybridized carbons (Fsp3) is 0.295. The number of benzene rings is 5. The minimum atomic E-state index is -4.21. The van der Waals surface area contributed by atoms with E-state index in [9.17, 15) is 9.36 Å². The zero-order valence-electron chi connectivity index (χ0n) is 30.9. The number of carbonyl (C=O) groups is 1. The Morgan fingerprint density at radius 2 is 0.927 bits per heavy atom. The fourth-order valence-electron chi connectivity index (χ4n) is 6.23. The first-order chi connectivity index (χ1) is 26.9. The van der Waals surface area contributed by atoms with Gasteiger partial charge in [0.2, 0.25) is 5.91 Å². The van der Waals surface area contributed by atoms with Gasteiger partial charge in [0, 0.05) is 6.92 Å². The summed E-state index contributed by atoms with van der Waals surface area (Å²) in [5, 5.41) is 3.04. The molecular weight excluding hydrogens is 717 g/mol. The minimum absolute atomic E-state index is 0.0122. The van der Waals surface area contributed by atoms with Gasteiger partial charge >= 0.3 is 7.82 Å². The van der Waals surface area contributed by atoms with Crippen LogP contribution in [-0.2, 0) is 74.9 Å². The van der Waals surface area contributed by atoms with Gasteiger partial charge in [-0.3, -0.25) is 18.4 Å². The Hall–Kier alpha value is -4.48. The molecule has 0 aromatic heterocycles. The zero-order valence-corrected chi connectivity index (χ0v) is 31.8. The van der Waals surface area contributed by atoms with Crippen LogP contribution in [0.5, 0.6) is 0 Å². The molecule has 1 N–H and O–H groups in total. The Balaban J connectivity index is 1.28. The van der Waals surface area contributed by atoms with Gasteiger partial charge in [0.15, 0.2) is 0 Å². The number of amides is 1. The third kappa shape index (κ3) is 12.8. The normalized spacial score (nSPS) is 19.8. The number of ether oxygens (including phenoxy) is 4. The summed E-state index contributed by atoms with van der Waals surface area (Å²) in [6, 6.07) is 47.3. The van der Waals surface area contributed by atoms with Crippen molar-refractivity contribution in [3.05, 3.63) is 179 Å². The Morgan fingerprint density at radius 1 is 0.527 bits per heavy atom. The standard InChI is InChI=1S/C44H48NO9P/c1-34(46)45-42-40(33-53-55(47,51-30-38-23-13-5-14-24-38)52-31-39-25-15-6-16-26-39)54-41(32-48-27-35-17-7-2-8-18-35)43(49-28-36-19-9-3-10-20-36)44(42)50-29-37-21-11-4-12-22-37/h2-26,40-44H,27-33H2,1H3,(H,45,46)/t40-,41-,42+,43+,44-/m1/s1. The molecule has 10 nitrogen and oxygen atoms in total. The van der Waals surface area contributed by atoms with Gasteiger partial charge in [-0.2, -0.15) is 0 Å². The van der Waals surface area contributed by atoms with E-state index in [2.05, 4.69) is 5.32 Å². The van der Waals surface area contributed by atoms with Gasteiger partial charge < -0.3 is 24.3 Å². The van der Waals surface area contributed by atoms with E-state index in [1.807, 2.05) is 152 Å². The molecule has 11 heteroatoms. The molecule has 5 atom stereocenters. The topological polar surface area (TPSA) is 111 Å². The summed E-state index contributed by atoms with van der Waals surface area (Å²) >= 11 is 0. The molecule has 1 heterocycles. The van der Waals surface area contributed by atoms with E-state index in [4.69, 9.17) is 32.5 Å². The number of hydrogen-bond acceptors (Lipinski definition) is 9. The number of carbonyl (C=O) groups excluding carboxylic acids is 1. The summed E-state index contributed by atoms with van der Waals surface area (Å²) in [6.07, 6.45) is -2.99. The Bertz CT molecular complexity index is 1840. The second-order valence-corrected chi connectivity index (χ2v) is 14.9. The van der Waals surface area contributed by atoms with E-state index in [1.165, 1.54) is 6.92 Å². The van der Waals surface area contributed by atoms with Crippen LogP contribution in [0.15, 0.2) is 152 Å². The third-order valence-corrected chi connectivity index (χ3v) is 10.3. The van der Waals surface area contributed by atoms with E-state index in [1.54, 1.807) is 0 Å². The molecule has 1 amide bonds. The Labute approximate surface area is 323 Å². The van der Waals surface area contributed by atoms with E-state index < -0.39 is 38.3 Å². The number of hydrogen-bond donors (Lipinski definition) is 1. The lowest BCUT2D eigenvalue weighted by molar-refractivity contribution is -0.237. The molecule has 0 unspecified atom stereocenters. The number of nitrogens with one attached hydrogen (secondary N) is 1. The summed E-state index contributed by atoms with van der Waals surface area (Å²) in [5.41, 5.74) is 4.49. The average Bonchev–Trinajstić information content (AvgIpc) is 3.23. The van der Waals surface area contributed by atoms with Crippen LogP contribution in [0.4, 0.5) is 0 Å². The highest BCUT2D eigenvalue weighted by molar-refractivity contribution is 7.48. The second-order valence-electron chi connectivity index (χ2n) is 13.2. The van der Waals surface area contributed by atoms with Crippen LogP contribution < -0.4 is 5.32 Å². The SMILES string of the molecule is CC(=O)N[C@@H]1[C@@H](OCc2ccccc2)[C@@H](OCc2ccccc2)[C@@H](COCc2ccccc2)O[C@@H]1COP(=O)(OCc1ccccc1)OCc1ccccc1. The van der Waals surface area contributed by atoms with Crippen molar-refractivity contribution in [3.63, 3.8) is 0 Å². The highest BCUT2D eigenvalue weighted by Gasteiger charge is 2.49. The van der Waals surface area contributed by atoms with Crippen molar-refractivity contribution in [2.75, 3.05) is 13.2 Å². The molecule has 0 bridgehead atoms. The molecule has 0 saturated carbocycles. The number of phosphoric ester groups is 1. The van der Waals surface area contributed by atoms with Crippen LogP contribution in [0.2, 0.25) is 0 Å². The molecule has 5 aromatic rings. The van der Waals surface area contributed by atoms with Crippen molar-refractivity contribution in [2.45, 2.75) is 70.4 Å².